The Hall–Kier alpha value is -0.160. The van der Waals surface area contributed by atoms with E-state index < -0.39 is 0 Å². The van der Waals surface area contributed by atoms with Crippen LogP contribution in [0.2, 0.25) is 0 Å². The molecule has 0 aromatic carbocycles. The fourth-order valence-corrected chi connectivity index (χ4v) is 1.47. The van der Waals surface area contributed by atoms with Gasteiger partial charge in [-0.25, -0.2) is 0 Å². The smallest absolute Gasteiger partial charge is 0.0644 e. The SMILES string of the molecule is CC(N)CN1CCOCC1CO. The van der Waals surface area contributed by atoms with Gasteiger partial charge in [0.25, 0.3) is 0 Å². The van der Waals surface area contributed by atoms with Crippen molar-refractivity contribution in [2.45, 2.75) is 19.0 Å². The maximum atomic E-state index is 9.01. The molecule has 12 heavy (non-hydrogen) atoms. The Kier molecular flexibility index (Phi) is 3.94. The van der Waals surface area contributed by atoms with E-state index in [4.69, 9.17) is 15.6 Å². The summed E-state index contributed by atoms with van der Waals surface area (Å²) in [7, 11) is 0. The average Bonchev–Trinajstić information content (AvgIpc) is 2.04. The molecule has 1 aliphatic rings. The van der Waals surface area contributed by atoms with E-state index in [1.807, 2.05) is 6.92 Å². The molecule has 4 nitrogen and oxygen atoms in total. The van der Waals surface area contributed by atoms with Crippen LogP contribution in [0.1, 0.15) is 6.92 Å². The number of rotatable bonds is 3. The Morgan fingerprint density at radius 2 is 2.50 bits per heavy atom. The molecule has 3 N–H and O–H groups in total. The zero-order chi connectivity index (χ0) is 8.97. The molecule has 72 valence electrons. The average molecular weight is 174 g/mol. The van der Waals surface area contributed by atoms with E-state index >= 15 is 0 Å². The molecule has 1 aliphatic heterocycles. The minimum atomic E-state index is 0.143. The Balaban J connectivity index is 2.36. The summed E-state index contributed by atoms with van der Waals surface area (Å²) in [5.41, 5.74) is 5.68. The van der Waals surface area contributed by atoms with E-state index in [0.717, 1.165) is 19.7 Å². The Labute approximate surface area is 73.3 Å². The van der Waals surface area contributed by atoms with Gasteiger partial charge in [-0.05, 0) is 6.92 Å². The lowest BCUT2D eigenvalue weighted by molar-refractivity contribution is -0.0288. The van der Waals surface area contributed by atoms with Gasteiger partial charge in [0.05, 0.1) is 25.9 Å². The van der Waals surface area contributed by atoms with Crippen LogP contribution in [-0.2, 0) is 4.74 Å². The number of hydrogen-bond acceptors (Lipinski definition) is 4. The summed E-state index contributed by atoms with van der Waals surface area (Å²) in [6.07, 6.45) is 0. The van der Waals surface area contributed by atoms with Crippen LogP contribution in [0.15, 0.2) is 0 Å². The van der Waals surface area contributed by atoms with E-state index in [2.05, 4.69) is 4.90 Å². The molecule has 0 spiro atoms. The molecule has 2 atom stereocenters. The first-order valence-corrected chi connectivity index (χ1v) is 4.42. The number of aliphatic hydroxyl groups excluding tert-OH is 1. The molecule has 4 heteroatoms. The largest absolute Gasteiger partial charge is 0.395 e. The highest BCUT2D eigenvalue weighted by molar-refractivity contribution is 4.76. The van der Waals surface area contributed by atoms with Crippen LogP contribution in [0, 0.1) is 0 Å². The summed E-state index contributed by atoms with van der Waals surface area (Å²) in [5, 5.41) is 9.01. The summed E-state index contributed by atoms with van der Waals surface area (Å²) in [4.78, 5) is 2.19. The van der Waals surface area contributed by atoms with Crippen LogP contribution < -0.4 is 5.73 Å². The monoisotopic (exact) mass is 174 g/mol. The van der Waals surface area contributed by atoms with Crippen LogP contribution >= 0.6 is 0 Å². The van der Waals surface area contributed by atoms with Gasteiger partial charge in [0.2, 0.25) is 0 Å². The van der Waals surface area contributed by atoms with Crippen molar-refractivity contribution in [3.8, 4) is 0 Å². The number of ether oxygens (including phenoxy) is 1. The first-order valence-electron chi connectivity index (χ1n) is 4.42. The van der Waals surface area contributed by atoms with Gasteiger partial charge in [-0.2, -0.15) is 0 Å². The van der Waals surface area contributed by atoms with Crippen LogP contribution in [0.3, 0.4) is 0 Å². The lowest BCUT2D eigenvalue weighted by Gasteiger charge is -2.35. The third-order valence-electron chi connectivity index (χ3n) is 2.08. The van der Waals surface area contributed by atoms with E-state index in [0.29, 0.717) is 6.61 Å². The molecule has 2 unspecified atom stereocenters. The van der Waals surface area contributed by atoms with Crippen molar-refractivity contribution < 1.29 is 9.84 Å². The van der Waals surface area contributed by atoms with Gasteiger partial charge in [0.15, 0.2) is 0 Å². The maximum absolute atomic E-state index is 9.01. The number of nitrogens with zero attached hydrogens (tertiary/aromatic N) is 1. The van der Waals surface area contributed by atoms with Gasteiger partial charge in [-0.1, -0.05) is 0 Å². The van der Waals surface area contributed by atoms with Crippen LogP contribution in [0.4, 0.5) is 0 Å². The molecule has 0 saturated carbocycles. The third-order valence-corrected chi connectivity index (χ3v) is 2.08. The molecule has 0 aromatic heterocycles. The Morgan fingerprint density at radius 3 is 3.08 bits per heavy atom. The molecule has 1 rings (SSSR count). The molecule has 1 fully saturated rings. The van der Waals surface area contributed by atoms with Gasteiger partial charge >= 0.3 is 0 Å². The van der Waals surface area contributed by atoms with Gasteiger partial charge in [-0.3, -0.25) is 4.90 Å². The highest BCUT2D eigenvalue weighted by atomic mass is 16.5. The quantitative estimate of drug-likeness (QED) is 0.578. The summed E-state index contributed by atoms with van der Waals surface area (Å²) >= 11 is 0. The van der Waals surface area contributed by atoms with Crippen molar-refractivity contribution in [3.63, 3.8) is 0 Å². The highest BCUT2D eigenvalue weighted by Gasteiger charge is 2.22. The minimum absolute atomic E-state index is 0.143. The summed E-state index contributed by atoms with van der Waals surface area (Å²) in [6.45, 7) is 5.24. The fourth-order valence-electron chi connectivity index (χ4n) is 1.47. The highest BCUT2D eigenvalue weighted by Crippen LogP contribution is 2.06. The molecule has 0 aliphatic carbocycles. The van der Waals surface area contributed by atoms with Crippen molar-refractivity contribution in [1.82, 2.24) is 4.90 Å². The molecule has 1 heterocycles. The van der Waals surface area contributed by atoms with E-state index in [-0.39, 0.29) is 18.7 Å². The maximum Gasteiger partial charge on any atom is 0.0644 e. The van der Waals surface area contributed by atoms with Crippen molar-refractivity contribution >= 4 is 0 Å². The Morgan fingerprint density at radius 1 is 1.75 bits per heavy atom. The zero-order valence-corrected chi connectivity index (χ0v) is 7.57. The summed E-state index contributed by atoms with van der Waals surface area (Å²) in [5.74, 6) is 0. The number of morpholine rings is 1. The summed E-state index contributed by atoms with van der Waals surface area (Å²) in [6, 6.07) is 0.307. The van der Waals surface area contributed by atoms with Crippen molar-refractivity contribution in [2.24, 2.45) is 5.73 Å². The van der Waals surface area contributed by atoms with Crippen LogP contribution in [-0.4, -0.2) is 55.0 Å². The first kappa shape index (κ1) is 9.92. The van der Waals surface area contributed by atoms with Crippen molar-refractivity contribution in [1.29, 1.82) is 0 Å². The lowest BCUT2D eigenvalue weighted by Crippen LogP contribution is -2.51. The van der Waals surface area contributed by atoms with Crippen molar-refractivity contribution in [3.05, 3.63) is 0 Å². The fraction of sp³-hybridized carbons (Fsp3) is 1.00. The van der Waals surface area contributed by atoms with Gasteiger partial charge in [0, 0.05) is 19.1 Å². The minimum Gasteiger partial charge on any atom is -0.395 e. The molecule has 0 bridgehead atoms. The predicted molar refractivity (Wildman–Crippen MR) is 46.9 cm³/mol. The van der Waals surface area contributed by atoms with E-state index in [1.165, 1.54) is 0 Å². The molecule has 0 amide bonds. The Bertz CT molecular complexity index is 130. The van der Waals surface area contributed by atoms with Crippen LogP contribution in [0.25, 0.3) is 0 Å². The van der Waals surface area contributed by atoms with Crippen LogP contribution in [0.5, 0.6) is 0 Å². The zero-order valence-electron chi connectivity index (χ0n) is 7.57. The molecular weight excluding hydrogens is 156 g/mol. The molecule has 0 radical (unpaired) electrons. The van der Waals surface area contributed by atoms with E-state index in [9.17, 15) is 0 Å². The second-order valence-electron chi connectivity index (χ2n) is 3.38. The van der Waals surface area contributed by atoms with E-state index in [1.54, 1.807) is 0 Å². The number of aliphatic hydroxyl groups is 1. The lowest BCUT2D eigenvalue weighted by atomic mass is 10.2. The molecule has 0 aromatic rings. The topological polar surface area (TPSA) is 58.7 Å². The summed E-state index contributed by atoms with van der Waals surface area (Å²) < 4.78 is 5.24. The van der Waals surface area contributed by atoms with Crippen molar-refractivity contribution in [2.75, 3.05) is 32.9 Å². The standard InChI is InChI=1S/C8H18N2O2/c1-7(9)4-10-2-3-12-6-8(10)5-11/h7-8,11H,2-6,9H2,1H3. The molecule has 1 saturated heterocycles. The van der Waals surface area contributed by atoms with Gasteiger partial charge in [0.1, 0.15) is 0 Å². The van der Waals surface area contributed by atoms with Gasteiger partial charge in [-0.15, -0.1) is 0 Å². The number of nitrogens with two attached hydrogens (primary N) is 1. The number of hydrogen-bond donors (Lipinski definition) is 2. The molecular formula is C8H18N2O2. The second-order valence-corrected chi connectivity index (χ2v) is 3.38. The third kappa shape index (κ3) is 2.71. The predicted octanol–water partition coefficient (Wildman–Crippen LogP) is -0.973. The van der Waals surface area contributed by atoms with Gasteiger partial charge < -0.3 is 15.6 Å². The first-order chi connectivity index (χ1) is 5.74. The second kappa shape index (κ2) is 4.77. The normalized spacial score (nSPS) is 28.8.